The molecule has 1 heterocycles. The highest BCUT2D eigenvalue weighted by molar-refractivity contribution is 7.13. The predicted octanol–water partition coefficient (Wildman–Crippen LogP) is 4.42. The Balaban J connectivity index is 0.000000861. The van der Waals surface area contributed by atoms with Gasteiger partial charge in [0.05, 0.1) is 10.7 Å². The number of nitrogens with zero attached hydrogens (tertiary/aromatic N) is 1. The molecule has 0 saturated carbocycles. The molecule has 0 bridgehead atoms. The lowest BCUT2D eigenvalue weighted by Crippen LogP contribution is -1.99. The summed E-state index contributed by atoms with van der Waals surface area (Å²) in [5.41, 5.74) is 1.62. The number of aryl methyl sites for hydroxylation is 1. The van der Waals surface area contributed by atoms with Crippen molar-refractivity contribution in [3.8, 4) is 0 Å². The summed E-state index contributed by atoms with van der Waals surface area (Å²) in [6.45, 7) is 5.81. The third kappa shape index (κ3) is 4.33. The van der Waals surface area contributed by atoms with Crippen LogP contribution in [0.1, 0.15) is 39.8 Å². The van der Waals surface area contributed by atoms with Crippen molar-refractivity contribution in [2.24, 2.45) is 0 Å². The van der Waals surface area contributed by atoms with Crippen molar-refractivity contribution in [3.05, 3.63) is 50.4 Å². The Kier molecular flexibility index (Phi) is 5.99. The van der Waals surface area contributed by atoms with Gasteiger partial charge in [0, 0.05) is 11.4 Å². The molecule has 0 aliphatic heterocycles. The summed E-state index contributed by atoms with van der Waals surface area (Å²) < 4.78 is 0. The van der Waals surface area contributed by atoms with Gasteiger partial charge in [-0.3, -0.25) is 0 Å². The number of hydrogen-bond donors (Lipinski definition) is 1. The summed E-state index contributed by atoms with van der Waals surface area (Å²) in [5.74, 6) is -0.917. The molecule has 3 nitrogen and oxygen atoms in total. The molecule has 0 spiro atoms. The molecule has 2 aromatic rings. The fourth-order valence-corrected chi connectivity index (χ4v) is 2.45. The molecule has 19 heavy (non-hydrogen) atoms. The summed E-state index contributed by atoms with van der Waals surface area (Å²) in [7, 11) is 0. The van der Waals surface area contributed by atoms with Crippen molar-refractivity contribution in [1.29, 1.82) is 0 Å². The Bertz CT molecular complexity index is 549. The fraction of sp³-hybridized carbons (Fsp3) is 0.286. The zero-order valence-electron chi connectivity index (χ0n) is 11.1. The molecule has 0 radical (unpaired) electrons. The minimum absolute atomic E-state index is 0.317. The average Bonchev–Trinajstić information content (AvgIpc) is 2.76. The van der Waals surface area contributed by atoms with Crippen molar-refractivity contribution >= 4 is 28.9 Å². The van der Waals surface area contributed by atoms with E-state index in [2.05, 4.69) is 4.98 Å². The smallest absolute Gasteiger partial charge is 0.347 e. The zero-order valence-corrected chi connectivity index (χ0v) is 12.7. The Morgan fingerprint density at radius 2 is 1.89 bits per heavy atom. The first kappa shape index (κ1) is 15.7. The van der Waals surface area contributed by atoms with Crippen molar-refractivity contribution in [2.45, 2.75) is 27.2 Å². The van der Waals surface area contributed by atoms with Gasteiger partial charge in [0.15, 0.2) is 0 Å². The highest BCUT2D eigenvalue weighted by Crippen LogP contribution is 2.21. The van der Waals surface area contributed by atoms with Crippen molar-refractivity contribution in [1.82, 2.24) is 4.98 Å². The summed E-state index contributed by atoms with van der Waals surface area (Å²) in [6, 6.07) is 7.33. The van der Waals surface area contributed by atoms with Gasteiger partial charge in [-0.15, -0.1) is 11.3 Å². The molecule has 2 rings (SSSR count). The van der Waals surface area contributed by atoms with Gasteiger partial charge in [-0.25, -0.2) is 9.78 Å². The van der Waals surface area contributed by atoms with Gasteiger partial charge in [-0.2, -0.15) is 0 Å². The van der Waals surface area contributed by atoms with E-state index in [1.807, 2.05) is 32.9 Å². The molecule has 0 aliphatic rings. The molecule has 0 unspecified atom stereocenters. The van der Waals surface area contributed by atoms with Gasteiger partial charge >= 0.3 is 5.97 Å². The predicted molar refractivity (Wildman–Crippen MR) is 79.4 cm³/mol. The Morgan fingerprint density at radius 3 is 2.42 bits per heavy atom. The van der Waals surface area contributed by atoms with E-state index in [1.54, 1.807) is 12.1 Å². The summed E-state index contributed by atoms with van der Waals surface area (Å²) in [6.07, 6.45) is 0.517. The van der Waals surface area contributed by atoms with Crippen LogP contribution in [0.3, 0.4) is 0 Å². The van der Waals surface area contributed by atoms with E-state index in [-0.39, 0.29) is 0 Å². The molecular weight excluding hydrogens is 282 g/mol. The summed E-state index contributed by atoms with van der Waals surface area (Å²) >= 11 is 7.00. The topological polar surface area (TPSA) is 50.2 Å². The molecule has 0 aliphatic carbocycles. The van der Waals surface area contributed by atoms with Gasteiger partial charge in [0.25, 0.3) is 0 Å². The number of hydrogen-bond acceptors (Lipinski definition) is 3. The molecule has 0 fully saturated rings. The van der Waals surface area contributed by atoms with Crippen LogP contribution in [-0.2, 0) is 6.42 Å². The van der Waals surface area contributed by atoms with E-state index < -0.39 is 5.97 Å². The Hall–Kier alpha value is -1.39. The maximum atomic E-state index is 11.0. The molecule has 5 heteroatoms. The Labute approximate surface area is 121 Å². The SMILES string of the molecule is CC.Cc1nc(Cc2ccc(Cl)cc2)c(C(=O)O)s1. The standard InChI is InChI=1S/C12H10ClNO2S.C2H6/c1-7-14-10(11(17-7)12(15)16)6-8-2-4-9(13)5-3-8;1-2/h2-5H,6H2,1H3,(H,15,16);1-2H3. The van der Waals surface area contributed by atoms with Crippen LogP contribution in [0, 0.1) is 6.92 Å². The second kappa shape index (κ2) is 7.26. The highest BCUT2D eigenvalue weighted by atomic mass is 35.5. The normalized spacial score (nSPS) is 9.68. The minimum atomic E-state index is -0.917. The molecule has 1 N–H and O–H groups in total. The van der Waals surface area contributed by atoms with Crippen LogP contribution in [0.15, 0.2) is 24.3 Å². The second-order valence-corrected chi connectivity index (χ2v) is 5.26. The van der Waals surface area contributed by atoms with Crippen LogP contribution in [0.5, 0.6) is 0 Å². The van der Waals surface area contributed by atoms with E-state index in [1.165, 1.54) is 11.3 Å². The number of rotatable bonds is 3. The van der Waals surface area contributed by atoms with Gasteiger partial charge in [0.2, 0.25) is 0 Å². The van der Waals surface area contributed by atoms with Gasteiger partial charge < -0.3 is 5.11 Å². The Morgan fingerprint density at radius 1 is 1.32 bits per heavy atom. The van der Waals surface area contributed by atoms with Crippen LogP contribution in [-0.4, -0.2) is 16.1 Å². The number of thiazole rings is 1. The van der Waals surface area contributed by atoms with Crippen LogP contribution in [0.2, 0.25) is 5.02 Å². The van der Waals surface area contributed by atoms with Crippen LogP contribution in [0.4, 0.5) is 0 Å². The number of carboxylic acids is 1. The van der Waals surface area contributed by atoms with Gasteiger partial charge in [-0.1, -0.05) is 37.6 Å². The first-order valence-corrected chi connectivity index (χ1v) is 7.20. The lowest BCUT2D eigenvalue weighted by Gasteiger charge is -2.00. The highest BCUT2D eigenvalue weighted by Gasteiger charge is 2.15. The van der Waals surface area contributed by atoms with E-state index in [0.29, 0.717) is 22.0 Å². The third-order valence-electron chi connectivity index (χ3n) is 2.28. The maximum Gasteiger partial charge on any atom is 0.347 e. The van der Waals surface area contributed by atoms with Gasteiger partial charge in [0.1, 0.15) is 4.88 Å². The molecule has 1 aromatic carbocycles. The number of aromatic nitrogens is 1. The molecule has 0 saturated heterocycles. The number of aromatic carboxylic acids is 1. The average molecular weight is 298 g/mol. The summed E-state index contributed by atoms with van der Waals surface area (Å²) in [4.78, 5) is 15.6. The molecule has 0 amide bonds. The third-order valence-corrected chi connectivity index (χ3v) is 3.54. The quantitative estimate of drug-likeness (QED) is 0.912. The van der Waals surface area contributed by atoms with Gasteiger partial charge in [-0.05, 0) is 24.6 Å². The molecule has 102 valence electrons. The monoisotopic (exact) mass is 297 g/mol. The van der Waals surface area contributed by atoms with Crippen molar-refractivity contribution in [3.63, 3.8) is 0 Å². The number of benzene rings is 1. The number of carbonyl (C=O) groups is 1. The molecule has 0 atom stereocenters. The first-order valence-electron chi connectivity index (χ1n) is 6.00. The summed E-state index contributed by atoms with van der Waals surface area (Å²) in [5, 5.41) is 10.5. The maximum absolute atomic E-state index is 11.0. The van der Waals surface area contributed by atoms with Crippen molar-refractivity contribution in [2.75, 3.05) is 0 Å². The first-order chi connectivity index (χ1) is 9.06. The number of halogens is 1. The van der Waals surface area contributed by atoms with E-state index in [0.717, 1.165) is 10.6 Å². The lowest BCUT2D eigenvalue weighted by atomic mass is 10.1. The zero-order chi connectivity index (χ0) is 14.4. The van der Waals surface area contributed by atoms with Crippen LogP contribution < -0.4 is 0 Å². The van der Waals surface area contributed by atoms with E-state index >= 15 is 0 Å². The number of carboxylic acid groups (broad SMARTS) is 1. The van der Waals surface area contributed by atoms with E-state index in [9.17, 15) is 4.79 Å². The fourth-order valence-electron chi connectivity index (χ4n) is 1.55. The van der Waals surface area contributed by atoms with Crippen LogP contribution in [0.25, 0.3) is 0 Å². The largest absolute Gasteiger partial charge is 0.477 e. The minimum Gasteiger partial charge on any atom is -0.477 e. The van der Waals surface area contributed by atoms with Crippen molar-refractivity contribution < 1.29 is 9.90 Å². The lowest BCUT2D eigenvalue weighted by molar-refractivity contribution is 0.0701. The van der Waals surface area contributed by atoms with E-state index in [4.69, 9.17) is 16.7 Å². The second-order valence-electron chi connectivity index (χ2n) is 3.62. The van der Waals surface area contributed by atoms with Crippen LogP contribution >= 0.6 is 22.9 Å². The molecular formula is C14H16ClNO2S. The molecule has 1 aromatic heterocycles.